The van der Waals surface area contributed by atoms with E-state index in [1.165, 1.54) is 0 Å². The molecular weight excluding hydrogens is 236 g/mol. The molecular formula is C14H11ClO2. The van der Waals surface area contributed by atoms with Gasteiger partial charge in [0.25, 0.3) is 0 Å². The highest BCUT2D eigenvalue weighted by Crippen LogP contribution is 2.20. The van der Waals surface area contributed by atoms with Crippen LogP contribution in [0.4, 0.5) is 0 Å². The Balaban J connectivity index is 2.37. The molecule has 0 saturated carbocycles. The average Bonchev–Trinajstić information content (AvgIpc) is 2.32. The summed E-state index contributed by atoms with van der Waals surface area (Å²) in [5, 5.41) is 9.74. The Bertz CT molecular complexity index is 549. The Kier molecular flexibility index (Phi) is 3.45. The van der Waals surface area contributed by atoms with Crippen molar-refractivity contribution in [2.75, 3.05) is 0 Å². The van der Waals surface area contributed by atoms with Crippen molar-refractivity contribution < 1.29 is 9.90 Å². The third-order valence-electron chi connectivity index (χ3n) is 2.59. The van der Waals surface area contributed by atoms with Gasteiger partial charge in [0, 0.05) is 5.02 Å². The molecule has 17 heavy (non-hydrogen) atoms. The number of hydrogen-bond donors (Lipinski definition) is 1. The Labute approximate surface area is 104 Å². The molecule has 2 aromatic rings. The summed E-state index contributed by atoms with van der Waals surface area (Å²) >= 11 is 6.06. The van der Waals surface area contributed by atoms with E-state index in [4.69, 9.17) is 16.7 Å². The molecule has 0 unspecified atom stereocenters. The third kappa shape index (κ3) is 2.66. The predicted octanol–water partition coefficient (Wildman–Crippen LogP) is 3.63. The zero-order chi connectivity index (χ0) is 12.3. The van der Waals surface area contributed by atoms with Gasteiger partial charge in [0.2, 0.25) is 0 Å². The summed E-state index contributed by atoms with van der Waals surface area (Å²) < 4.78 is 0. The number of rotatable bonds is 3. The van der Waals surface area contributed by atoms with Crippen molar-refractivity contribution in [3.63, 3.8) is 0 Å². The highest BCUT2D eigenvalue weighted by Gasteiger charge is 2.10. The Hall–Kier alpha value is -1.80. The summed E-state index contributed by atoms with van der Waals surface area (Å²) in [6.07, 6.45) is 0.530. The van der Waals surface area contributed by atoms with E-state index in [9.17, 15) is 4.79 Å². The van der Waals surface area contributed by atoms with E-state index in [1.807, 2.05) is 30.3 Å². The van der Waals surface area contributed by atoms with Gasteiger partial charge in [0.15, 0.2) is 0 Å². The van der Waals surface area contributed by atoms with Gasteiger partial charge in [-0.05, 0) is 29.7 Å². The van der Waals surface area contributed by atoms with Crippen LogP contribution in [0, 0.1) is 0 Å². The van der Waals surface area contributed by atoms with Crippen LogP contribution in [0.2, 0.25) is 5.02 Å². The zero-order valence-electron chi connectivity index (χ0n) is 9.06. The van der Waals surface area contributed by atoms with Crippen molar-refractivity contribution >= 4 is 17.6 Å². The van der Waals surface area contributed by atoms with Crippen molar-refractivity contribution in [1.29, 1.82) is 0 Å². The smallest absolute Gasteiger partial charge is 0.335 e. The fourth-order valence-corrected chi connectivity index (χ4v) is 1.93. The van der Waals surface area contributed by atoms with Crippen LogP contribution < -0.4 is 0 Å². The predicted molar refractivity (Wildman–Crippen MR) is 67.7 cm³/mol. The summed E-state index contributed by atoms with van der Waals surface area (Å²) in [5.74, 6) is -0.910. The number of carboxylic acids is 1. The molecule has 0 bridgehead atoms. The molecule has 0 heterocycles. The molecule has 2 rings (SSSR count). The van der Waals surface area contributed by atoms with Crippen LogP contribution >= 0.6 is 11.6 Å². The summed E-state index contributed by atoms with van der Waals surface area (Å²) in [6.45, 7) is 0. The second kappa shape index (κ2) is 5.02. The molecule has 86 valence electrons. The monoisotopic (exact) mass is 246 g/mol. The van der Waals surface area contributed by atoms with Crippen LogP contribution in [0.1, 0.15) is 21.5 Å². The third-order valence-corrected chi connectivity index (χ3v) is 2.96. The number of aromatic carboxylic acids is 1. The van der Waals surface area contributed by atoms with Crippen molar-refractivity contribution in [3.8, 4) is 0 Å². The highest BCUT2D eigenvalue weighted by atomic mass is 35.5. The first-order valence-corrected chi connectivity index (χ1v) is 5.61. The molecule has 0 fully saturated rings. The normalized spacial score (nSPS) is 10.2. The van der Waals surface area contributed by atoms with E-state index in [0.717, 1.165) is 11.1 Å². The first kappa shape index (κ1) is 11.7. The van der Waals surface area contributed by atoms with E-state index >= 15 is 0 Å². The maximum atomic E-state index is 11.1. The van der Waals surface area contributed by atoms with E-state index in [2.05, 4.69) is 0 Å². The number of benzene rings is 2. The first-order valence-electron chi connectivity index (χ1n) is 5.23. The Morgan fingerprint density at radius 2 is 1.59 bits per heavy atom. The lowest BCUT2D eigenvalue weighted by molar-refractivity contribution is 0.0696. The minimum atomic E-state index is -0.910. The molecule has 0 spiro atoms. The van der Waals surface area contributed by atoms with Gasteiger partial charge in [-0.2, -0.15) is 0 Å². The van der Waals surface area contributed by atoms with E-state index in [1.54, 1.807) is 18.2 Å². The van der Waals surface area contributed by atoms with Gasteiger partial charge in [-0.25, -0.2) is 4.79 Å². The summed E-state index contributed by atoms with van der Waals surface area (Å²) in [5.41, 5.74) is 2.03. The second-order valence-corrected chi connectivity index (χ2v) is 4.14. The topological polar surface area (TPSA) is 37.3 Å². The fraction of sp³-hybridized carbons (Fsp3) is 0.0714. The lowest BCUT2D eigenvalue weighted by atomic mass is 10.00. The fourth-order valence-electron chi connectivity index (χ4n) is 1.73. The van der Waals surface area contributed by atoms with Gasteiger partial charge in [0.1, 0.15) is 0 Å². The molecule has 2 aromatic carbocycles. The number of carboxylic acid groups (broad SMARTS) is 1. The van der Waals surface area contributed by atoms with Crippen LogP contribution in [0.3, 0.4) is 0 Å². The van der Waals surface area contributed by atoms with Crippen LogP contribution in [0.15, 0.2) is 48.5 Å². The molecule has 0 aliphatic carbocycles. The molecule has 0 aromatic heterocycles. The van der Waals surface area contributed by atoms with Crippen molar-refractivity contribution in [2.24, 2.45) is 0 Å². The highest BCUT2D eigenvalue weighted by molar-refractivity contribution is 6.31. The second-order valence-electron chi connectivity index (χ2n) is 3.73. The molecule has 0 atom stereocenters. The lowest BCUT2D eigenvalue weighted by Crippen LogP contribution is -2.02. The number of halogens is 1. The first-order chi connectivity index (χ1) is 8.18. The van der Waals surface area contributed by atoms with Crippen molar-refractivity contribution in [3.05, 3.63) is 70.2 Å². The molecule has 1 N–H and O–H groups in total. The van der Waals surface area contributed by atoms with Crippen LogP contribution in [0.25, 0.3) is 0 Å². The van der Waals surface area contributed by atoms with Gasteiger partial charge < -0.3 is 5.11 Å². The van der Waals surface area contributed by atoms with Crippen molar-refractivity contribution in [2.45, 2.75) is 6.42 Å². The lowest BCUT2D eigenvalue weighted by Gasteiger charge is -2.07. The maximum Gasteiger partial charge on any atom is 0.335 e. The quantitative estimate of drug-likeness (QED) is 0.898. The summed E-state index contributed by atoms with van der Waals surface area (Å²) in [6, 6.07) is 14.4. The van der Waals surface area contributed by atoms with Gasteiger partial charge in [-0.1, -0.05) is 48.0 Å². The van der Waals surface area contributed by atoms with Crippen LogP contribution in [-0.4, -0.2) is 11.1 Å². The molecule has 0 amide bonds. The molecule has 2 nitrogen and oxygen atoms in total. The van der Waals surface area contributed by atoms with E-state index in [-0.39, 0.29) is 0 Å². The standard InChI is InChI=1S/C14H11ClO2/c15-13-8-4-2-6-11(13)9-10-5-1-3-7-12(10)14(16)17/h1-8H,9H2,(H,16,17). The maximum absolute atomic E-state index is 11.1. The largest absolute Gasteiger partial charge is 0.478 e. The van der Waals surface area contributed by atoms with Crippen LogP contribution in [0.5, 0.6) is 0 Å². The molecule has 0 aliphatic rings. The molecule has 0 radical (unpaired) electrons. The SMILES string of the molecule is O=C(O)c1ccccc1Cc1ccccc1Cl. The Morgan fingerprint density at radius 3 is 2.24 bits per heavy atom. The molecule has 3 heteroatoms. The Morgan fingerprint density at radius 1 is 1.00 bits per heavy atom. The summed E-state index contributed by atoms with van der Waals surface area (Å²) in [4.78, 5) is 11.1. The minimum Gasteiger partial charge on any atom is -0.478 e. The minimum absolute atomic E-state index is 0.326. The zero-order valence-corrected chi connectivity index (χ0v) is 9.82. The van der Waals surface area contributed by atoms with Crippen LogP contribution in [-0.2, 0) is 6.42 Å². The van der Waals surface area contributed by atoms with E-state index in [0.29, 0.717) is 17.0 Å². The number of hydrogen-bond acceptors (Lipinski definition) is 1. The van der Waals surface area contributed by atoms with Gasteiger partial charge in [-0.3, -0.25) is 0 Å². The van der Waals surface area contributed by atoms with Gasteiger partial charge >= 0.3 is 5.97 Å². The van der Waals surface area contributed by atoms with E-state index < -0.39 is 5.97 Å². The molecule has 0 saturated heterocycles. The summed E-state index contributed by atoms with van der Waals surface area (Å²) in [7, 11) is 0. The molecule has 0 aliphatic heterocycles. The van der Waals surface area contributed by atoms with Gasteiger partial charge in [0.05, 0.1) is 5.56 Å². The number of carbonyl (C=O) groups is 1. The van der Waals surface area contributed by atoms with Gasteiger partial charge in [-0.15, -0.1) is 0 Å². The van der Waals surface area contributed by atoms with Crippen molar-refractivity contribution in [1.82, 2.24) is 0 Å². The average molecular weight is 247 g/mol.